The van der Waals surface area contributed by atoms with Crippen LogP contribution in [0.25, 0.3) is 5.69 Å². The van der Waals surface area contributed by atoms with Crippen molar-refractivity contribution in [2.24, 2.45) is 5.92 Å². The Labute approximate surface area is 203 Å². The Hall–Kier alpha value is -3.72. The number of piperidine rings is 1. The Balaban J connectivity index is 1.17. The summed E-state index contributed by atoms with van der Waals surface area (Å²) in [5.74, 6) is -0.594. The van der Waals surface area contributed by atoms with Gasteiger partial charge in [0.05, 0.1) is 18.2 Å². The van der Waals surface area contributed by atoms with Crippen molar-refractivity contribution < 1.29 is 14.7 Å². The summed E-state index contributed by atoms with van der Waals surface area (Å²) in [4.78, 5) is 39.4. The summed E-state index contributed by atoms with van der Waals surface area (Å²) >= 11 is 0. The van der Waals surface area contributed by atoms with Crippen molar-refractivity contribution in [1.29, 1.82) is 0 Å². The summed E-state index contributed by atoms with van der Waals surface area (Å²) in [6, 6.07) is 14.5. The van der Waals surface area contributed by atoms with Crippen LogP contribution in [0, 0.1) is 5.92 Å². The molecule has 2 amide bonds. The summed E-state index contributed by atoms with van der Waals surface area (Å²) in [5, 5.41) is 17.6. The molecule has 2 unspecified atom stereocenters. The highest BCUT2D eigenvalue weighted by molar-refractivity contribution is 5.87. The van der Waals surface area contributed by atoms with Crippen LogP contribution in [0.5, 0.6) is 0 Å². The maximum Gasteiger partial charge on any atom is 0.251 e. The van der Waals surface area contributed by atoms with Gasteiger partial charge in [-0.2, -0.15) is 5.10 Å². The Kier molecular flexibility index (Phi) is 6.25. The van der Waals surface area contributed by atoms with Gasteiger partial charge in [-0.25, -0.2) is 4.68 Å². The first-order chi connectivity index (χ1) is 16.9. The monoisotopic (exact) mass is 475 g/mol. The lowest BCUT2D eigenvalue weighted by molar-refractivity contribution is -0.145. The number of aromatic nitrogens is 3. The summed E-state index contributed by atoms with van der Waals surface area (Å²) in [6.07, 6.45) is 2.78. The molecule has 2 aliphatic heterocycles. The Morgan fingerprint density at radius 2 is 1.91 bits per heavy atom. The van der Waals surface area contributed by atoms with Crippen LogP contribution in [0.1, 0.15) is 43.0 Å². The number of aliphatic hydroxyl groups is 1. The summed E-state index contributed by atoms with van der Waals surface area (Å²) in [6.45, 7) is 3.35. The zero-order valence-corrected chi connectivity index (χ0v) is 19.6. The molecule has 0 saturated carbocycles. The van der Waals surface area contributed by atoms with Crippen LogP contribution in [-0.2, 0) is 16.1 Å². The molecule has 4 heterocycles. The highest BCUT2D eigenvalue weighted by Gasteiger charge is 2.38. The third-order valence-electron chi connectivity index (χ3n) is 6.99. The van der Waals surface area contributed by atoms with Crippen molar-refractivity contribution in [2.45, 2.75) is 44.4 Å². The predicted octanol–water partition coefficient (Wildman–Crippen LogP) is 1.61. The molecule has 182 valence electrons. The van der Waals surface area contributed by atoms with Crippen molar-refractivity contribution in [2.75, 3.05) is 13.1 Å². The van der Waals surface area contributed by atoms with Gasteiger partial charge in [0, 0.05) is 49.7 Å². The van der Waals surface area contributed by atoms with E-state index < -0.39 is 12.0 Å². The number of likely N-dealkylation sites (tertiary alicyclic amines) is 1. The van der Waals surface area contributed by atoms with Crippen molar-refractivity contribution in [3.05, 3.63) is 82.5 Å². The summed E-state index contributed by atoms with van der Waals surface area (Å²) < 4.78 is 3.55. The first-order valence-electron chi connectivity index (χ1n) is 11.9. The third-order valence-corrected chi connectivity index (χ3v) is 6.99. The van der Waals surface area contributed by atoms with E-state index in [1.165, 1.54) is 0 Å². The van der Waals surface area contributed by atoms with Gasteiger partial charge in [-0.15, -0.1) is 0 Å². The number of nitrogens with one attached hydrogen (secondary N) is 1. The maximum absolute atomic E-state index is 13.0. The van der Waals surface area contributed by atoms with Gasteiger partial charge in [-0.3, -0.25) is 14.4 Å². The van der Waals surface area contributed by atoms with Gasteiger partial charge in [0.1, 0.15) is 6.10 Å². The molecule has 9 nitrogen and oxygen atoms in total. The van der Waals surface area contributed by atoms with Crippen LogP contribution >= 0.6 is 0 Å². The molecule has 0 spiro atoms. The van der Waals surface area contributed by atoms with Crippen molar-refractivity contribution in [3.8, 4) is 5.69 Å². The van der Waals surface area contributed by atoms with E-state index in [4.69, 9.17) is 0 Å². The molecular formula is C26H29N5O4. The number of carbonyl (C=O) groups excluding carboxylic acids is 2. The van der Waals surface area contributed by atoms with E-state index in [1.807, 2.05) is 49.5 Å². The van der Waals surface area contributed by atoms with E-state index in [-0.39, 0.29) is 35.8 Å². The van der Waals surface area contributed by atoms with Gasteiger partial charge in [0.2, 0.25) is 5.91 Å². The number of aliphatic hydroxyl groups excluding tert-OH is 1. The lowest BCUT2D eigenvalue weighted by atomic mass is 9.83. The first kappa shape index (κ1) is 23.0. The number of carbonyl (C=O) groups is 2. The fourth-order valence-electron chi connectivity index (χ4n) is 5.27. The number of hydrogen-bond acceptors (Lipinski definition) is 5. The molecule has 1 saturated heterocycles. The second-order valence-corrected chi connectivity index (χ2v) is 9.49. The fourth-order valence-corrected chi connectivity index (χ4v) is 5.27. The largest absolute Gasteiger partial charge is 0.383 e. The van der Waals surface area contributed by atoms with Crippen LogP contribution in [0.2, 0.25) is 0 Å². The van der Waals surface area contributed by atoms with E-state index in [2.05, 4.69) is 10.4 Å². The van der Waals surface area contributed by atoms with Crippen LogP contribution in [0.15, 0.2) is 65.7 Å². The number of benzene rings is 1. The standard InChI is InChI=1S/C26H29N5O4/c1-17(19-6-8-21(9-7-19)31-11-3-10-27-31)28-24(33)13-23(32)26(35)29-14-18-12-20(16-29)22-4-2-5-25(34)30(22)15-18/h2-11,17-18,20,23,32H,12-16H2,1H3,(H,28,33)/t17-,18?,20?,23-/m1/s1. The molecule has 1 fully saturated rings. The lowest BCUT2D eigenvalue weighted by Crippen LogP contribution is -2.52. The summed E-state index contributed by atoms with van der Waals surface area (Å²) in [7, 11) is 0. The average Bonchev–Trinajstić information content (AvgIpc) is 3.39. The normalized spacial score (nSPS) is 20.6. The zero-order valence-electron chi connectivity index (χ0n) is 19.6. The highest BCUT2D eigenvalue weighted by Crippen LogP contribution is 2.35. The molecule has 5 rings (SSSR count). The topological polar surface area (TPSA) is 109 Å². The van der Waals surface area contributed by atoms with Gasteiger partial charge >= 0.3 is 0 Å². The van der Waals surface area contributed by atoms with Crippen LogP contribution in [-0.4, -0.2) is 55.4 Å². The minimum Gasteiger partial charge on any atom is -0.383 e. The van der Waals surface area contributed by atoms with E-state index in [1.54, 1.807) is 32.5 Å². The number of fused-ring (bicyclic) bond motifs is 4. The van der Waals surface area contributed by atoms with E-state index in [0.717, 1.165) is 23.4 Å². The number of hydrogen-bond donors (Lipinski definition) is 2. The molecule has 2 aliphatic rings. The van der Waals surface area contributed by atoms with Crippen LogP contribution in [0.4, 0.5) is 0 Å². The minimum absolute atomic E-state index is 0.0150. The smallest absolute Gasteiger partial charge is 0.251 e. The van der Waals surface area contributed by atoms with Gasteiger partial charge in [-0.05, 0) is 49.1 Å². The number of nitrogens with zero attached hydrogens (tertiary/aromatic N) is 4. The van der Waals surface area contributed by atoms with Crippen molar-refractivity contribution in [3.63, 3.8) is 0 Å². The van der Waals surface area contributed by atoms with Crippen molar-refractivity contribution in [1.82, 2.24) is 24.6 Å². The Bertz CT molecular complexity index is 1270. The second-order valence-electron chi connectivity index (χ2n) is 9.49. The maximum atomic E-state index is 13.0. The van der Waals surface area contributed by atoms with Gasteiger partial charge in [-0.1, -0.05) is 18.2 Å². The van der Waals surface area contributed by atoms with E-state index in [0.29, 0.717) is 19.6 Å². The lowest BCUT2D eigenvalue weighted by Gasteiger charge is -2.43. The highest BCUT2D eigenvalue weighted by atomic mass is 16.3. The Morgan fingerprint density at radius 3 is 2.66 bits per heavy atom. The molecule has 2 N–H and O–H groups in total. The van der Waals surface area contributed by atoms with Crippen molar-refractivity contribution >= 4 is 11.8 Å². The molecule has 0 radical (unpaired) electrons. The van der Waals surface area contributed by atoms with Crippen LogP contribution in [0.3, 0.4) is 0 Å². The SMILES string of the molecule is C[C@@H](NC(=O)C[C@@H](O)C(=O)N1CC2CC(C1)c1cccc(=O)n1C2)c1ccc(-n2cccn2)cc1. The molecule has 0 aliphatic carbocycles. The van der Waals surface area contributed by atoms with Crippen LogP contribution < -0.4 is 10.9 Å². The molecule has 4 atom stereocenters. The molecule has 35 heavy (non-hydrogen) atoms. The predicted molar refractivity (Wildman–Crippen MR) is 129 cm³/mol. The molecule has 2 aromatic heterocycles. The van der Waals surface area contributed by atoms with Gasteiger partial charge in [0.25, 0.3) is 11.5 Å². The number of pyridine rings is 1. The molecular weight excluding hydrogens is 446 g/mol. The number of rotatable bonds is 6. The average molecular weight is 476 g/mol. The molecule has 9 heteroatoms. The van der Waals surface area contributed by atoms with Gasteiger partial charge in [0.15, 0.2) is 0 Å². The fraction of sp³-hybridized carbons (Fsp3) is 0.385. The molecule has 2 bridgehead atoms. The minimum atomic E-state index is -1.40. The van der Waals surface area contributed by atoms with Gasteiger partial charge < -0.3 is 19.9 Å². The third kappa shape index (κ3) is 4.77. The molecule has 1 aromatic carbocycles. The number of amides is 2. The van der Waals surface area contributed by atoms with E-state index >= 15 is 0 Å². The summed E-state index contributed by atoms with van der Waals surface area (Å²) in [5.41, 5.74) is 2.75. The Morgan fingerprint density at radius 1 is 1.11 bits per heavy atom. The quantitative estimate of drug-likeness (QED) is 0.563. The second kappa shape index (κ2) is 9.50. The molecule has 3 aromatic rings. The zero-order chi connectivity index (χ0) is 24.5. The first-order valence-corrected chi connectivity index (χ1v) is 11.9. The van der Waals surface area contributed by atoms with E-state index in [9.17, 15) is 19.5 Å².